The van der Waals surface area contributed by atoms with Gasteiger partial charge in [0.25, 0.3) is 0 Å². The molecule has 0 saturated heterocycles. The smallest absolute Gasteiger partial charge is 0.0970 e. The number of benzene rings is 1. The van der Waals surface area contributed by atoms with Crippen molar-refractivity contribution in [3.63, 3.8) is 0 Å². The molecule has 0 amide bonds. The van der Waals surface area contributed by atoms with Crippen LogP contribution in [0.3, 0.4) is 0 Å². The molecular weight excluding hydrogens is 234 g/mol. The van der Waals surface area contributed by atoms with Gasteiger partial charge in [0.2, 0.25) is 0 Å². The molecular formula is C17H25NO. The van der Waals surface area contributed by atoms with E-state index in [9.17, 15) is 5.11 Å². The summed E-state index contributed by atoms with van der Waals surface area (Å²) in [7, 11) is 0. The van der Waals surface area contributed by atoms with Crippen molar-refractivity contribution in [1.82, 2.24) is 0 Å². The van der Waals surface area contributed by atoms with Crippen molar-refractivity contribution in [3.8, 4) is 0 Å². The van der Waals surface area contributed by atoms with Crippen LogP contribution in [0.1, 0.15) is 55.2 Å². The monoisotopic (exact) mass is 259 g/mol. The molecule has 1 saturated carbocycles. The van der Waals surface area contributed by atoms with E-state index in [0.717, 1.165) is 25.7 Å². The van der Waals surface area contributed by atoms with Crippen LogP contribution in [0.25, 0.3) is 0 Å². The highest BCUT2D eigenvalue weighted by Crippen LogP contribution is 2.55. The molecule has 19 heavy (non-hydrogen) atoms. The lowest BCUT2D eigenvalue weighted by Crippen LogP contribution is -2.50. The van der Waals surface area contributed by atoms with Gasteiger partial charge in [-0.1, -0.05) is 43.0 Å². The van der Waals surface area contributed by atoms with Gasteiger partial charge >= 0.3 is 0 Å². The Morgan fingerprint density at radius 2 is 1.89 bits per heavy atom. The number of hydrogen-bond donors (Lipinski definition) is 2. The highest BCUT2D eigenvalue weighted by Gasteiger charge is 2.53. The fourth-order valence-electron chi connectivity index (χ4n) is 4.31. The van der Waals surface area contributed by atoms with E-state index >= 15 is 0 Å². The Balaban J connectivity index is 2.07. The van der Waals surface area contributed by atoms with Crippen molar-refractivity contribution < 1.29 is 5.11 Å². The maximum atomic E-state index is 11.5. The first kappa shape index (κ1) is 13.1. The van der Waals surface area contributed by atoms with Gasteiger partial charge in [-0.3, -0.25) is 0 Å². The number of fused-ring (bicyclic) bond motifs is 1. The molecule has 0 spiro atoms. The van der Waals surface area contributed by atoms with Crippen molar-refractivity contribution in [2.75, 3.05) is 6.54 Å². The molecule has 104 valence electrons. The highest BCUT2D eigenvalue weighted by molar-refractivity contribution is 5.42. The number of aryl methyl sites for hydroxylation is 2. The molecule has 2 aliphatic rings. The van der Waals surface area contributed by atoms with E-state index in [4.69, 9.17) is 5.73 Å². The zero-order chi connectivity index (χ0) is 13.5. The lowest BCUT2D eigenvalue weighted by atomic mass is 9.61. The van der Waals surface area contributed by atoms with Crippen LogP contribution in [-0.4, -0.2) is 11.7 Å². The summed E-state index contributed by atoms with van der Waals surface area (Å²) in [5, 5.41) is 11.5. The van der Waals surface area contributed by atoms with E-state index in [1.165, 1.54) is 36.0 Å². The molecule has 1 aromatic rings. The Hall–Kier alpha value is -0.860. The van der Waals surface area contributed by atoms with Crippen LogP contribution < -0.4 is 5.73 Å². The predicted molar refractivity (Wildman–Crippen MR) is 78.0 cm³/mol. The van der Waals surface area contributed by atoms with Gasteiger partial charge in [0, 0.05) is 12.0 Å². The molecule has 1 aromatic carbocycles. The van der Waals surface area contributed by atoms with Crippen molar-refractivity contribution in [1.29, 1.82) is 0 Å². The van der Waals surface area contributed by atoms with Crippen LogP contribution >= 0.6 is 0 Å². The lowest BCUT2D eigenvalue weighted by molar-refractivity contribution is -0.105. The first-order valence-corrected chi connectivity index (χ1v) is 7.64. The molecule has 1 unspecified atom stereocenters. The van der Waals surface area contributed by atoms with Crippen molar-refractivity contribution in [2.45, 2.75) is 57.5 Å². The second-order valence-electron chi connectivity index (χ2n) is 6.57. The first-order chi connectivity index (χ1) is 9.11. The Kier molecular flexibility index (Phi) is 3.18. The van der Waals surface area contributed by atoms with Crippen molar-refractivity contribution >= 4 is 0 Å². The topological polar surface area (TPSA) is 46.2 Å². The summed E-state index contributed by atoms with van der Waals surface area (Å²) < 4.78 is 0. The summed E-state index contributed by atoms with van der Waals surface area (Å²) in [6.45, 7) is 2.71. The maximum absolute atomic E-state index is 11.5. The summed E-state index contributed by atoms with van der Waals surface area (Å²) in [6, 6.07) is 6.53. The Labute approximate surface area is 116 Å². The van der Waals surface area contributed by atoms with Gasteiger partial charge in [-0.25, -0.2) is 0 Å². The number of nitrogens with two attached hydrogens (primary N) is 1. The second-order valence-corrected chi connectivity index (χ2v) is 6.57. The zero-order valence-electron chi connectivity index (χ0n) is 11.9. The molecule has 0 aromatic heterocycles. The van der Waals surface area contributed by atoms with E-state index in [1.54, 1.807) is 0 Å². The van der Waals surface area contributed by atoms with Gasteiger partial charge in [-0.2, -0.15) is 0 Å². The fraction of sp³-hybridized carbons (Fsp3) is 0.647. The molecule has 1 fully saturated rings. The number of hydrogen-bond acceptors (Lipinski definition) is 2. The van der Waals surface area contributed by atoms with E-state index in [2.05, 4.69) is 25.1 Å². The quantitative estimate of drug-likeness (QED) is 0.857. The molecule has 2 heteroatoms. The third-order valence-corrected chi connectivity index (χ3v) is 5.55. The maximum Gasteiger partial charge on any atom is 0.0970 e. The minimum atomic E-state index is -0.691. The normalized spacial score (nSPS) is 29.2. The SMILES string of the molecule is Cc1ccc2c(c1)C(O)(C1(CN)CCCCC1)CC2. The molecule has 3 rings (SSSR count). The molecule has 1 atom stereocenters. The predicted octanol–water partition coefficient (Wildman–Crippen LogP) is 3.04. The van der Waals surface area contributed by atoms with E-state index < -0.39 is 5.60 Å². The van der Waals surface area contributed by atoms with Crippen LogP contribution in [0.15, 0.2) is 18.2 Å². The van der Waals surface area contributed by atoms with E-state index in [-0.39, 0.29) is 5.41 Å². The standard InChI is InChI=1S/C17H25NO/c1-13-5-6-14-7-10-17(19,15(14)11-13)16(12-18)8-3-2-4-9-16/h5-6,11,19H,2-4,7-10,12,18H2,1H3. The molecule has 0 aliphatic heterocycles. The van der Waals surface area contributed by atoms with Gasteiger partial charge in [0.15, 0.2) is 0 Å². The zero-order valence-corrected chi connectivity index (χ0v) is 11.9. The summed E-state index contributed by atoms with van der Waals surface area (Å²) in [5.74, 6) is 0. The van der Waals surface area contributed by atoms with Crippen molar-refractivity contribution in [2.24, 2.45) is 11.1 Å². The minimum Gasteiger partial charge on any atom is -0.385 e. The molecule has 0 heterocycles. The van der Waals surface area contributed by atoms with Crippen molar-refractivity contribution in [3.05, 3.63) is 34.9 Å². The summed E-state index contributed by atoms with van der Waals surface area (Å²) in [5.41, 5.74) is 9.08. The fourth-order valence-corrected chi connectivity index (χ4v) is 4.31. The molecule has 3 N–H and O–H groups in total. The van der Waals surface area contributed by atoms with Gasteiger partial charge in [0.05, 0.1) is 5.60 Å². The van der Waals surface area contributed by atoms with E-state index in [1.807, 2.05) is 0 Å². The third-order valence-electron chi connectivity index (χ3n) is 5.55. The van der Waals surface area contributed by atoms with Gasteiger partial charge in [0.1, 0.15) is 0 Å². The number of rotatable bonds is 2. The first-order valence-electron chi connectivity index (χ1n) is 7.64. The van der Waals surface area contributed by atoms with Crippen LogP contribution in [0, 0.1) is 12.3 Å². The number of aliphatic hydroxyl groups is 1. The van der Waals surface area contributed by atoms with Gasteiger partial charge < -0.3 is 10.8 Å². The largest absolute Gasteiger partial charge is 0.385 e. The third kappa shape index (κ3) is 1.85. The average Bonchev–Trinajstić information content (AvgIpc) is 2.78. The molecule has 0 bridgehead atoms. The molecule has 0 radical (unpaired) electrons. The van der Waals surface area contributed by atoms with E-state index in [0.29, 0.717) is 6.54 Å². The van der Waals surface area contributed by atoms with Crippen LogP contribution in [0.4, 0.5) is 0 Å². The van der Waals surface area contributed by atoms with Crippen LogP contribution in [-0.2, 0) is 12.0 Å². The van der Waals surface area contributed by atoms with Gasteiger partial charge in [-0.05, 0) is 43.7 Å². The van der Waals surface area contributed by atoms with Crippen LogP contribution in [0.2, 0.25) is 0 Å². The van der Waals surface area contributed by atoms with Gasteiger partial charge in [-0.15, -0.1) is 0 Å². The summed E-state index contributed by atoms with van der Waals surface area (Å²) in [6.07, 6.45) is 7.71. The average molecular weight is 259 g/mol. The molecule has 2 aliphatic carbocycles. The second kappa shape index (κ2) is 4.60. The summed E-state index contributed by atoms with van der Waals surface area (Å²) in [4.78, 5) is 0. The summed E-state index contributed by atoms with van der Waals surface area (Å²) >= 11 is 0. The Bertz CT molecular complexity index is 476. The lowest BCUT2D eigenvalue weighted by Gasteiger charge is -2.48. The Morgan fingerprint density at radius 3 is 2.58 bits per heavy atom. The minimum absolute atomic E-state index is 0.0930. The Morgan fingerprint density at radius 1 is 1.16 bits per heavy atom. The highest BCUT2D eigenvalue weighted by atomic mass is 16.3. The molecule has 2 nitrogen and oxygen atoms in total. The van der Waals surface area contributed by atoms with Crippen LogP contribution in [0.5, 0.6) is 0 Å².